The number of anilines is 1. The Morgan fingerprint density at radius 3 is 2.46 bits per heavy atom. The van der Waals surface area contributed by atoms with Gasteiger partial charge in [-0.3, -0.25) is 4.79 Å². The Labute approximate surface area is 140 Å². The fraction of sp³-hybridized carbons (Fsp3) is 0.278. The molecule has 0 saturated heterocycles. The van der Waals surface area contributed by atoms with Crippen molar-refractivity contribution in [2.24, 2.45) is 0 Å². The molecule has 0 aromatic heterocycles. The summed E-state index contributed by atoms with van der Waals surface area (Å²) in [6, 6.07) is 13.6. The average Bonchev–Trinajstić information content (AvgIpc) is 2.61. The van der Waals surface area contributed by atoms with Gasteiger partial charge in [0.05, 0.1) is 19.3 Å². The first-order chi connectivity index (χ1) is 11.7. The molecule has 0 aliphatic carbocycles. The summed E-state index contributed by atoms with van der Waals surface area (Å²) in [6.07, 6.45) is 0.261. The Morgan fingerprint density at radius 1 is 1.04 bits per heavy atom. The molecule has 128 valence electrons. The van der Waals surface area contributed by atoms with Crippen LogP contribution in [0.5, 0.6) is 11.5 Å². The molecule has 0 aliphatic heterocycles. The zero-order valence-electron chi connectivity index (χ0n) is 13.5. The molecular weight excluding hydrogens is 311 g/mol. The van der Waals surface area contributed by atoms with E-state index < -0.39 is 0 Å². The zero-order valence-corrected chi connectivity index (χ0v) is 13.5. The summed E-state index contributed by atoms with van der Waals surface area (Å²) in [5, 5.41) is 5.65. The Morgan fingerprint density at radius 2 is 1.75 bits per heavy atom. The number of halogens is 1. The number of methoxy groups -OCH3 is 1. The number of para-hydroxylation sites is 1. The minimum atomic E-state index is -0.328. The summed E-state index contributed by atoms with van der Waals surface area (Å²) in [5.41, 5.74) is 0.396. The minimum Gasteiger partial charge on any atom is -0.497 e. The molecule has 5 nitrogen and oxygen atoms in total. The van der Waals surface area contributed by atoms with Gasteiger partial charge in [-0.15, -0.1) is 0 Å². The van der Waals surface area contributed by atoms with E-state index in [-0.39, 0.29) is 18.1 Å². The first-order valence-electron chi connectivity index (χ1n) is 7.71. The third kappa shape index (κ3) is 5.79. The van der Waals surface area contributed by atoms with Crippen molar-refractivity contribution >= 4 is 11.6 Å². The van der Waals surface area contributed by atoms with E-state index in [0.29, 0.717) is 31.1 Å². The highest BCUT2D eigenvalue weighted by atomic mass is 19.1. The summed E-state index contributed by atoms with van der Waals surface area (Å²) in [7, 11) is 1.60. The number of hydrogen-bond donors (Lipinski definition) is 2. The van der Waals surface area contributed by atoms with Crippen molar-refractivity contribution in [3.05, 3.63) is 54.3 Å². The van der Waals surface area contributed by atoms with Crippen LogP contribution in [-0.2, 0) is 4.79 Å². The van der Waals surface area contributed by atoms with E-state index in [1.807, 2.05) is 12.1 Å². The molecule has 0 heterocycles. The molecule has 2 N–H and O–H groups in total. The van der Waals surface area contributed by atoms with E-state index in [0.717, 1.165) is 5.75 Å². The Bertz CT molecular complexity index is 647. The van der Waals surface area contributed by atoms with Crippen LogP contribution in [0, 0.1) is 5.82 Å². The SMILES string of the molecule is COc1ccc(OCCNC(=O)CCNc2ccccc2F)cc1. The summed E-state index contributed by atoms with van der Waals surface area (Å²) in [5.74, 6) is 1.03. The predicted molar refractivity (Wildman–Crippen MR) is 91.0 cm³/mol. The molecule has 0 atom stereocenters. The second kappa shape index (κ2) is 9.39. The standard InChI is InChI=1S/C18H21FN2O3/c1-23-14-6-8-15(9-7-14)24-13-12-21-18(22)10-11-20-17-5-3-2-4-16(17)19/h2-9,20H,10-13H2,1H3,(H,21,22). The highest BCUT2D eigenvalue weighted by molar-refractivity contribution is 5.76. The van der Waals surface area contributed by atoms with E-state index in [2.05, 4.69) is 10.6 Å². The molecule has 0 saturated carbocycles. The monoisotopic (exact) mass is 332 g/mol. The van der Waals surface area contributed by atoms with Gasteiger partial charge in [0.25, 0.3) is 0 Å². The van der Waals surface area contributed by atoms with Crippen molar-refractivity contribution in [2.75, 3.05) is 32.1 Å². The summed E-state index contributed by atoms with van der Waals surface area (Å²) in [6.45, 7) is 1.15. The number of rotatable bonds is 9. The molecule has 0 radical (unpaired) electrons. The first kappa shape index (κ1) is 17.6. The number of hydrogen-bond acceptors (Lipinski definition) is 4. The molecule has 6 heteroatoms. The van der Waals surface area contributed by atoms with Crippen molar-refractivity contribution in [1.82, 2.24) is 5.32 Å². The van der Waals surface area contributed by atoms with Gasteiger partial charge < -0.3 is 20.1 Å². The third-order valence-corrected chi connectivity index (χ3v) is 3.29. The molecule has 0 fully saturated rings. The number of carbonyl (C=O) groups excluding carboxylic acids is 1. The molecule has 0 aliphatic rings. The van der Waals surface area contributed by atoms with Crippen LogP contribution in [0.4, 0.5) is 10.1 Å². The predicted octanol–water partition coefficient (Wildman–Crippen LogP) is 2.83. The lowest BCUT2D eigenvalue weighted by Crippen LogP contribution is -2.29. The van der Waals surface area contributed by atoms with E-state index in [1.54, 1.807) is 37.4 Å². The summed E-state index contributed by atoms with van der Waals surface area (Å²) >= 11 is 0. The van der Waals surface area contributed by atoms with Crippen molar-refractivity contribution in [3.8, 4) is 11.5 Å². The van der Waals surface area contributed by atoms with Crippen molar-refractivity contribution in [3.63, 3.8) is 0 Å². The van der Waals surface area contributed by atoms with Crippen molar-refractivity contribution in [1.29, 1.82) is 0 Å². The van der Waals surface area contributed by atoms with Gasteiger partial charge in [0.1, 0.15) is 23.9 Å². The molecule has 2 rings (SSSR count). The maximum Gasteiger partial charge on any atom is 0.221 e. The molecule has 0 bridgehead atoms. The van der Waals surface area contributed by atoms with Gasteiger partial charge in [-0.1, -0.05) is 12.1 Å². The second-order valence-corrected chi connectivity index (χ2v) is 5.03. The van der Waals surface area contributed by atoms with Crippen LogP contribution in [0.15, 0.2) is 48.5 Å². The number of ether oxygens (including phenoxy) is 2. The number of amides is 1. The van der Waals surface area contributed by atoms with Gasteiger partial charge in [-0.25, -0.2) is 4.39 Å². The number of nitrogens with one attached hydrogen (secondary N) is 2. The summed E-state index contributed by atoms with van der Waals surface area (Å²) in [4.78, 5) is 11.7. The first-order valence-corrected chi connectivity index (χ1v) is 7.71. The van der Waals surface area contributed by atoms with Crippen LogP contribution < -0.4 is 20.1 Å². The van der Waals surface area contributed by atoms with Gasteiger partial charge >= 0.3 is 0 Å². The zero-order chi connectivity index (χ0) is 17.2. The maximum absolute atomic E-state index is 13.4. The smallest absolute Gasteiger partial charge is 0.221 e. The topological polar surface area (TPSA) is 59.6 Å². The molecular formula is C18H21FN2O3. The number of carbonyl (C=O) groups is 1. The van der Waals surface area contributed by atoms with Crippen LogP contribution in [0.3, 0.4) is 0 Å². The third-order valence-electron chi connectivity index (χ3n) is 3.29. The lowest BCUT2D eigenvalue weighted by atomic mass is 10.3. The second-order valence-electron chi connectivity index (χ2n) is 5.03. The van der Waals surface area contributed by atoms with E-state index in [9.17, 15) is 9.18 Å². The maximum atomic E-state index is 13.4. The van der Waals surface area contributed by atoms with Crippen molar-refractivity contribution < 1.29 is 18.7 Å². The summed E-state index contributed by atoms with van der Waals surface area (Å²) < 4.78 is 24.0. The van der Waals surface area contributed by atoms with Gasteiger partial charge in [-0.05, 0) is 36.4 Å². The van der Waals surface area contributed by atoms with Gasteiger partial charge in [0, 0.05) is 13.0 Å². The molecule has 24 heavy (non-hydrogen) atoms. The van der Waals surface area contributed by atoms with Gasteiger partial charge in [0.15, 0.2) is 0 Å². The van der Waals surface area contributed by atoms with E-state index in [1.165, 1.54) is 6.07 Å². The quantitative estimate of drug-likeness (QED) is 0.693. The van der Waals surface area contributed by atoms with Crippen LogP contribution in [0.2, 0.25) is 0 Å². The minimum absolute atomic E-state index is 0.114. The van der Waals surface area contributed by atoms with Crippen LogP contribution in [0.25, 0.3) is 0 Å². The van der Waals surface area contributed by atoms with Crippen LogP contribution >= 0.6 is 0 Å². The van der Waals surface area contributed by atoms with Crippen molar-refractivity contribution in [2.45, 2.75) is 6.42 Å². The molecule has 1 amide bonds. The fourth-order valence-corrected chi connectivity index (χ4v) is 2.03. The normalized spacial score (nSPS) is 10.1. The highest BCUT2D eigenvalue weighted by Gasteiger charge is 2.03. The van der Waals surface area contributed by atoms with E-state index >= 15 is 0 Å². The van der Waals surface area contributed by atoms with Gasteiger partial charge in [0.2, 0.25) is 5.91 Å². The van der Waals surface area contributed by atoms with Crippen LogP contribution in [0.1, 0.15) is 6.42 Å². The molecule has 2 aromatic carbocycles. The molecule has 2 aromatic rings. The van der Waals surface area contributed by atoms with Crippen LogP contribution in [-0.4, -0.2) is 32.7 Å². The Hall–Kier alpha value is -2.76. The average molecular weight is 332 g/mol. The highest BCUT2D eigenvalue weighted by Crippen LogP contribution is 2.16. The van der Waals surface area contributed by atoms with Gasteiger partial charge in [-0.2, -0.15) is 0 Å². The Balaban J connectivity index is 1.58. The van der Waals surface area contributed by atoms with E-state index in [4.69, 9.17) is 9.47 Å². The largest absolute Gasteiger partial charge is 0.497 e. The fourth-order valence-electron chi connectivity index (χ4n) is 2.03. The lowest BCUT2D eigenvalue weighted by molar-refractivity contribution is -0.120. The lowest BCUT2D eigenvalue weighted by Gasteiger charge is -2.09. The molecule has 0 spiro atoms. The number of benzene rings is 2. The Kier molecular flexibility index (Phi) is 6.89. The molecule has 0 unspecified atom stereocenters.